The van der Waals surface area contributed by atoms with Crippen molar-refractivity contribution in [2.45, 2.75) is 32.0 Å². The summed E-state index contributed by atoms with van der Waals surface area (Å²) in [5, 5.41) is 7.33. The van der Waals surface area contributed by atoms with Gasteiger partial charge in [-0.2, -0.15) is 5.10 Å². The average Bonchev–Trinajstić information content (AvgIpc) is 3.41. The third-order valence-electron chi connectivity index (χ3n) is 4.66. The van der Waals surface area contributed by atoms with Crippen LogP contribution in [0.4, 0.5) is 0 Å². The molecular weight excluding hydrogens is 310 g/mol. The highest BCUT2D eigenvalue weighted by Gasteiger charge is 2.26. The van der Waals surface area contributed by atoms with Gasteiger partial charge >= 0.3 is 0 Å². The van der Waals surface area contributed by atoms with E-state index >= 15 is 0 Å². The molecule has 128 valence electrons. The summed E-state index contributed by atoms with van der Waals surface area (Å²) >= 11 is 0. The molecule has 0 saturated heterocycles. The topological polar surface area (TPSA) is 43.7 Å². The SMILES string of the molecule is COc1cccc(-c2nn(Cc3ccccc3)cc2C[NH2+]C2CC2)c1. The molecule has 2 aromatic carbocycles. The van der Waals surface area contributed by atoms with E-state index in [-0.39, 0.29) is 0 Å². The van der Waals surface area contributed by atoms with Crippen LogP contribution in [0.2, 0.25) is 0 Å². The molecule has 2 N–H and O–H groups in total. The van der Waals surface area contributed by atoms with Gasteiger partial charge in [-0.25, -0.2) is 0 Å². The Labute approximate surface area is 148 Å². The smallest absolute Gasteiger partial charge is 0.119 e. The largest absolute Gasteiger partial charge is 0.497 e. The van der Waals surface area contributed by atoms with Crippen LogP contribution in [0.25, 0.3) is 11.3 Å². The monoisotopic (exact) mass is 334 g/mol. The number of hydrogen-bond acceptors (Lipinski definition) is 2. The summed E-state index contributed by atoms with van der Waals surface area (Å²) in [7, 11) is 1.70. The highest BCUT2D eigenvalue weighted by atomic mass is 16.5. The molecule has 1 saturated carbocycles. The molecule has 4 heteroatoms. The van der Waals surface area contributed by atoms with Gasteiger partial charge in [0.05, 0.1) is 25.3 Å². The van der Waals surface area contributed by atoms with Gasteiger partial charge in [0.15, 0.2) is 0 Å². The maximum absolute atomic E-state index is 5.38. The van der Waals surface area contributed by atoms with E-state index < -0.39 is 0 Å². The van der Waals surface area contributed by atoms with Crippen LogP contribution in [0.5, 0.6) is 5.75 Å². The number of aromatic nitrogens is 2. The Morgan fingerprint density at radius 3 is 2.72 bits per heavy atom. The molecule has 0 aliphatic heterocycles. The molecule has 4 rings (SSSR count). The molecule has 1 aliphatic carbocycles. The van der Waals surface area contributed by atoms with Crippen molar-refractivity contribution in [1.82, 2.24) is 9.78 Å². The van der Waals surface area contributed by atoms with Crippen molar-refractivity contribution in [1.29, 1.82) is 0 Å². The van der Waals surface area contributed by atoms with Crippen LogP contribution in [0, 0.1) is 0 Å². The predicted molar refractivity (Wildman–Crippen MR) is 98.4 cm³/mol. The third kappa shape index (κ3) is 3.91. The molecule has 1 heterocycles. The van der Waals surface area contributed by atoms with E-state index in [0.29, 0.717) is 0 Å². The van der Waals surface area contributed by atoms with E-state index in [0.717, 1.165) is 36.1 Å². The summed E-state index contributed by atoms with van der Waals surface area (Å²) in [5.74, 6) is 0.868. The van der Waals surface area contributed by atoms with Crippen molar-refractivity contribution < 1.29 is 10.1 Å². The van der Waals surface area contributed by atoms with E-state index in [4.69, 9.17) is 9.84 Å². The normalized spacial score (nSPS) is 13.8. The van der Waals surface area contributed by atoms with Crippen LogP contribution in [-0.2, 0) is 13.1 Å². The number of nitrogens with two attached hydrogens (primary N) is 1. The Balaban J connectivity index is 1.64. The second-order valence-electron chi connectivity index (χ2n) is 6.70. The van der Waals surface area contributed by atoms with Gasteiger partial charge in [-0.3, -0.25) is 4.68 Å². The molecule has 0 bridgehead atoms. The third-order valence-corrected chi connectivity index (χ3v) is 4.66. The van der Waals surface area contributed by atoms with Gasteiger partial charge in [0.1, 0.15) is 18.0 Å². The first-order valence-electron chi connectivity index (χ1n) is 8.90. The zero-order chi connectivity index (χ0) is 17.1. The Hall–Kier alpha value is -2.59. The van der Waals surface area contributed by atoms with Crippen molar-refractivity contribution in [3.05, 3.63) is 71.9 Å². The molecule has 0 spiro atoms. The molecule has 1 fully saturated rings. The van der Waals surface area contributed by atoms with Crippen molar-refractivity contribution in [2.24, 2.45) is 0 Å². The lowest BCUT2D eigenvalue weighted by Crippen LogP contribution is -2.84. The Kier molecular flexibility index (Phi) is 4.53. The van der Waals surface area contributed by atoms with Gasteiger partial charge in [0, 0.05) is 24.6 Å². The molecule has 0 amide bonds. The molecule has 1 aromatic heterocycles. The number of nitrogens with zero attached hydrogens (tertiary/aromatic N) is 2. The average molecular weight is 334 g/mol. The van der Waals surface area contributed by atoms with Crippen molar-refractivity contribution in [2.75, 3.05) is 7.11 Å². The van der Waals surface area contributed by atoms with Crippen LogP contribution in [0.3, 0.4) is 0 Å². The van der Waals surface area contributed by atoms with E-state index in [2.05, 4.69) is 52.6 Å². The van der Waals surface area contributed by atoms with Crippen molar-refractivity contribution >= 4 is 0 Å². The van der Waals surface area contributed by atoms with Gasteiger partial charge in [-0.15, -0.1) is 0 Å². The lowest BCUT2D eigenvalue weighted by Gasteiger charge is -2.04. The van der Waals surface area contributed by atoms with Gasteiger partial charge < -0.3 is 10.1 Å². The first-order valence-corrected chi connectivity index (χ1v) is 8.90. The summed E-state index contributed by atoms with van der Waals surface area (Å²) < 4.78 is 7.44. The zero-order valence-corrected chi connectivity index (χ0v) is 14.6. The number of ether oxygens (including phenoxy) is 1. The molecule has 25 heavy (non-hydrogen) atoms. The maximum Gasteiger partial charge on any atom is 0.119 e. The van der Waals surface area contributed by atoms with E-state index in [1.165, 1.54) is 24.0 Å². The van der Waals surface area contributed by atoms with Gasteiger partial charge in [-0.1, -0.05) is 42.5 Å². The number of methoxy groups -OCH3 is 1. The van der Waals surface area contributed by atoms with E-state index in [9.17, 15) is 0 Å². The molecule has 0 radical (unpaired) electrons. The molecule has 4 nitrogen and oxygen atoms in total. The van der Waals surface area contributed by atoms with Crippen LogP contribution < -0.4 is 10.1 Å². The lowest BCUT2D eigenvalue weighted by atomic mass is 10.1. The lowest BCUT2D eigenvalue weighted by molar-refractivity contribution is -0.683. The molecular formula is C21H24N3O+. The minimum atomic E-state index is 0.793. The van der Waals surface area contributed by atoms with Crippen molar-refractivity contribution in [3.63, 3.8) is 0 Å². The summed E-state index contributed by atoms with van der Waals surface area (Å²) in [5.41, 5.74) is 4.73. The Morgan fingerprint density at radius 1 is 1.12 bits per heavy atom. The van der Waals surface area contributed by atoms with Crippen LogP contribution in [0.1, 0.15) is 24.0 Å². The second-order valence-corrected chi connectivity index (χ2v) is 6.70. The van der Waals surface area contributed by atoms with E-state index in [1.54, 1.807) is 7.11 Å². The fourth-order valence-corrected chi connectivity index (χ4v) is 3.10. The number of benzene rings is 2. The first kappa shape index (κ1) is 15.9. The van der Waals surface area contributed by atoms with Gasteiger partial charge in [0.25, 0.3) is 0 Å². The van der Waals surface area contributed by atoms with Crippen LogP contribution >= 0.6 is 0 Å². The Bertz CT molecular complexity index is 837. The number of hydrogen-bond donors (Lipinski definition) is 1. The quantitative estimate of drug-likeness (QED) is 0.722. The molecule has 0 unspecified atom stereocenters. The maximum atomic E-state index is 5.38. The standard InChI is InChI=1S/C21H23N3O/c1-25-20-9-5-8-17(12-20)21-18(13-22-19-10-11-19)15-24(23-21)14-16-6-3-2-4-7-16/h2-9,12,15,19,22H,10-11,13-14H2,1H3/p+1. The van der Waals surface area contributed by atoms with Gasteiger partial charge in [0.2, 0.25) is 0 Å². The highest BCUT2D eigenvalue weighted by molar-refractivity contribution is 5.64. The van der Waals surface area contributed by atoms with Crippen molar-refractivity contribution in [3.8, 4) is 17.0 Å². The Morgan fingerprint density at radius 2 is 1.96 bits per heavy atom. The van der Waals surface area contributed by atoms with Gasteiger partial charge in [-0.05, 0) is 17.7 Å². The minimum Gasteiger partial charge on any atom is -0.497 e. The highest BCUT2D eigenvalue weighted by Crippen LogP contribution is 2.26. The summed E-state index contributed by atoms with van der Waals surface area (Å²) in [4.78, 5) is 0. The molecule has 1 aliphatic rings. The van der Waals surface area contributed by atoms with E-state index in [1.807, 2.05) is 18.2 Å². The fourth-order valence-electron chi connectivity index (χ4n) is 3.10. The summed E-state index contributed by atoms with van der Waals surface area (Å²) in [6, 6.07) is 19.5. The molecule has 0 atom stereocenters. The second kappa shape index (κ2) is 7.11. The number of quaternary nitrogens is 1. The summed E-state index contributed by atoms with van der Waals surface area (Å²) in [6.07, 6.45) is 4.87. The van der Waals surface area contributed by atoms with Crippen LogP contribution in [0.15, 0.2) is 60.8 Å². The first-order chi connectivity index (χ1) is 12.3. The van der Waals surface area contributed by atoms with Crippen LogP contribution in [-0.4, -0.2) is 22.9 Å². The fraction of sp³-hybridized carbons (Fsp3) is 0.286. The number of rotatable bonds is 7. The zero-order valence-electron chi connectivity index (χ0n) is 14.6. The minimum absolute atomic E-state index is 0.793. The predicted octanol–water partition coefficient (Wildman–Crippen LogP) is 2.83. The summed E-state index contributed by atoms with van der Waals surface area (Å²) in [6.45, 7) is 1.77. The molecule has 3 aromatic rings.